The predicted molar refractivity (Wildman–Crippen MR) is 68.1 cm³/mol. The van der Waals surface area contributed by atoms with Crippen molar-refractivity contribution in [3.8, 4) is 5.75 Å². The van der Waals surface area contributed by atoms with E-state index in [-0.39, 0.29) is 11.2 Å². The van der Waals surface area contributed by atoms with Gasteiger partial charge in [-0.15, -0.1) is 0 Å². The maximum atomic E-state index is 13.4. The van der Waals surface area contributed by atoms with Crippen molar-refractivity contribution in [1.29, 1.82) is 0 Å². The van der Waals surface area contributed by atoms with Gasteiger partial charge in [0.05, 0.1) is 6.61 Å². The van der Waals surface area contributed by atoms with Crippen molar-refractivity contribution in [3.63, 3.8) is 0 Å². The molecule has 1 aromatic rings. The lowest BCUT2D eigenvalue weighted by Crippen LogP contribution is -2.36. The Bertz CT molecular complexity index is 406. The molecule has 0 aromatic heterocycles. The summed E-state index contributed by atoms with van der Waals surface area (Å²) in [6.07, 6.45) is 1.75. The zero-order valence-electron chi connectivity index (χ0n) is 9.93. The minimum Gasteiger partial charge on any atom is -0.490 e. The Labute approximate surface area is 113 Å². The molecule has 0 N–H and O–H groups in total. The van der Waals surface area contributed by atoms with E-state index in [0.29, 0.717) is 19.8 Å². The van der Waals surface area contributed by atoms with Crippen LogP contribution in [0.2, 0.25) is 0 Å². The molecule has 0 unspecified atom stereocenters. The van der Waals surface area contributed by atoms with Crippen LogP contribution in [0.25, 0.3) is 0 Å². The normalized spacial score (nSPS) is 18.6. The van der Waals surface area contributed by atoms with E-state index in [1.54, 1.807) is 0 Å². The Hall–Kier alpha value is -0.680. The molecule has 0 amide bonds. The molecule has 1 aromatic carbocycles. The third kappa shape index (κ3) is 3.20. The van der Waals surface area contributed by atoms with Gasteiger partial charge in [-0.2, -0.15) is 0 Å². The summed E-state index contributed by atoms with van der Waals surface area (Å²) in [6, 6.07) is 3.36. The lowest BCUT2D eigenvalue weighted by molar-refractivity contribution is 0.00288. The lowest BCUT2D eigenvalue weighted by atomic mass is 9.83. The van der Waals surface area contributed by atoms with Crippen LogP contribution in [0.15, 0.2) is 18.2 Å². The van der Waals surface area contributed by atoms with Crippen molar-refractivity contribution < 1.29 is 18.3 Å². The van der Waals surface area contributed by atoms with Crippen molar-refractivity contribution >= 4 is 15.9 Å². The first kappa shape index (κ1) is 13.7. The maximum absolute atomic E-state index is 13.4. The predicted octanol–water partition coefficient (Wildman–Crippen LogP) is 3.54. The van der Waals surface area contributed by atoms with Gasteiger partial charge in [0.2, 0.25) is 0 Å². The summed E-state index contributed by atoms with van der Waals surface area (Å²) >= 11 is 3.48. The van der Waals surface area contributed by atoms with Gasteiger partial charge < -0.3 is 9.47 Å². The van der Waals surface area contributed by atoms with Crippen molar-refractivity contribution in [2.24, 2.45) is 5.41 Å². The SMILES string of the molecule is Fc1ccc(OCC2(CBr)CCOCC2)c(F)c1. The molecular weight excluding hydrogens is 306 g/mol. The smallest absolute Gasteiger partial charge is 0.167 e. The molecule has 0 atom stereocenters. The van der Waals surface area contributed by atoms with Gasteiger partial charge in [0.15, 0.2) is 11.6 Å². The molecule has 5 heteroatoms. The third-order valence-electron chi connectivity index (χ3n) is 3.26. The number of hydrogen-bond acceptors (Lipinski definition) is 2. The highest BCUT2D eigenvalue weighted by molar-refractivity contribution is 9.09. The molecule has 0 aliphatic carbocycles. The Morgan fingerprint density at radius 2 is 2.00 bits per heavy atom. The average Bonchev–Trinajstić information content (AvgIpc) is 2.39. The van der Waals surface area contributed by atoms with Crippen molar-refractivity contribution in [2.75, 3.05) is 25.2 Å². The molecule has 18 heavy (non-hydrogen) atoms. The van der Waals surface area contributed by atoms with Gasteiger partial charge in [-0.3, -0.25) is 0 Å². The zero-order valence-corrected chi connectivity index (χ0v) is 11.5. The molecule has 100 valence electrons. The van der Waals surface area contributed by atoms with E-state index in [9.17, 15) is 8.78 Å². The van der Waals surface area contributed by atoms with Crippen LogP contribution in [0, 0.1) is 17.0 Å². The molecule has 0 saturated carbocycles. The molecule has 1 fully saturated rings. The Kier molecular flexibility index (Phi) is 4.56. The molecule has 0 spiro atoms. The average molecular weight is 321 g/mol. The number of benzene rings is 1. The summed E-state index contributed by atoms with van der Waals surface area (Å²) in [7, 11) is 0. The molecular formula is C13H15BrF2O2. The van der Waals surface area contributed by atoms with Crippen LogP contribution < -0.4 is 4.74 Å². The minimum atomic E-state index is -0.660. The van der Waals surface area contributed by atoms with Crippen LogP contribution in [-0.2, 0) is 4.74 Å². The van der Waals surface area contributed by atoms with Gasteiger partial charge in [-0.1, -0.05) is 15.9 Å². The summed E-state index contributed by atoms with van der Waals surface area (Å²) in [5, 5.41) is 0.784. The Morgan fingerprint density at radius 1 is 1.28 bits per heavy atom. The van der Waals surface area contributed by atoms with E-state index < -0.39 is 11.6 Å². The first-order valence-corrected chi connectivity index (χ1v) is 6.99. The first-order valence-electron chi connectivity index (χ1n) is 5.87. The van der Waals surface area contributed by atoms with Crippen LogP contribution in [0.1, 0.15) is 12.8 Å². The molecule has 1 saturated heterocycles. The fraction of sp³-hybridized carbons (Fsp3) is 0.538. The van der Waals surface area contributed by atoms with Crippen LogP contribution in [0.5, 0.6) is 5.75 Å². The first-order chi connectivity index (χ1) is 8.65. The number of hydrogen-bond donors (Lipinski definition) is 0. The molecule has 0 radical (unpaired) electrons. The summed E-state index contributed by atoms with van der Waals surface area (Å²) in [5.41, 5.74) is -0.0287. The monoisotopic (exact) mass is 320 g/mol. The van der Waals surface area contributed by atoms with Gasteiger partial charge in [0.1, 0.15) is 5.82 Å². The fourth-order valence-electron chi connectivity index (χ4n) is 1.94. The summed E-state index contributed by atoms with van der Waals surface area (Å²) in [4.78, 5) is 0. The molecule has 0 bridgehead atoms. The van der Waals surface area contributed by atoms with Crippen LogP contribution in [0.3, 0.4) is 0 Å². The summed E-state index contributed by atoms with van der Waals surface area (Å²) in [5.74, 6) is -1.16. The fourth-order valence-corrected chi connectivity index (χ4v) is 2.67. The molecule has 1 aliphatic rings. The highest BCUT2D eigenvalue weighted by Gasteiger charge is 2.32. The molecule has 2 rings (SSSR count). The van der Waals surface area contributed by atoms with E-state index in [2.05, 4.69) is 15.9 Å². The van der Waals surface area contributed by atoms with Crippen molar-refractivity contribution in [2.45, 2.75) is 12.8 Å². The summed E-state index contributed by atoms with van der Waals surface area (Å²) < 4.78 is 37.0. The van der Waals surface area contributed by atoms with Crippen LogP contribution >= 0.6 is 15.9 Å². The Morgan fingerprint density at radius 3 is 2.61 bits per heavy atom. The number of rotatable bonds is 4. The van der Waals surface area contributed by atoms with Gasteiger partial charge in [0.25, 0.3) is 0 Å². The third-order valence-corrected chi connectivity index (χ3v) is 4.45. The number of ether oxygens (including phenoxy) is 2. The molecule has 1 aliphatic heterocycles. The molecule has 1 heterocycles. The van der Waals surface area contributed by atoms with Crippen molar-refractivity contribution in [3.05, 3.63) is 29.8 Å². The van der Waals surface area contributed by atoms with Gasteiger partial charge in [-0.25, -0.2) is 8.78 Å². The molecule has 2 nitrogen and oxygen atoms in total. The Balaban J connectivity index is 2.01. The second-order valence-corrected chi connectivity index (χ2v) is 5.17. The highest BCUT2D eigenvalue weighted by atomic mass is 79.9. The second-order valence-electron chi connectivity index (χ2n) is 4.61. The van der Waals surface area contributed by atoms with E-state index in [1.165, 1.54) is 12.1 Å². The zero-order chi connectivity index (χ0) is 13.0. The largest absolute Gasteiger partial charge is 0.490 e. The minimum absolute atomic E-state index is 0.0287. The van der Waals surface area contributed by atoms with Crippen LogP contribution in [-0.4, -0.2) is 25.2 Å². The topological polar surface area (TPSA) is 18.5 Å². The number of halogens is 3. The van der Waals surface area contributed by atoms with E-state index in [4.69, 9.17) is 9.47 Å². The van der Waals surface area contributed by atoms with Gasteiger partial charge in [0, 0.05) is 30.0 Å². The van der Waals surface area contributed by atoms with Crippen LogP contribution in [0.4, 0.5) is 8.78 Å². The maximum Gasteiger partial charge on any atom is 0.167 e. The number of alkyl halides is 1. The quantitative estimate of drug-likeness (QED) is 0.790. The van der Waals surface area contributed by atoms with Gasteiger partial charge in [-0.05, 0) is 25.0 Å². The lowest BCUT2D eigenvalue weighted by Gasteiger charge is -2.35. The van der Waals surface area contributed by atoms with Crippen molar-refractivity contribution in [1.82, 2.24) is 0 Å². The summed E-state index contributed by atoms with van der Waals surface area (Å²) in [6.45, 7) is 1.80. The van der Waals surface area contributed by atoms with E-state index in [0.717, 1.165) is 24.2 Å². The van der Waals surface area contributed by atoms with Gasteiger partial charge >= 0.3 is 0 Å². The standard InChI is InChI=1S/C13H15BrF2O2/c14-8-13(3-5-17-6-4-13)9-18-12-2-1-10(15)7-11(12)16/h1-2,7H,3-6,8-9H2. The van der Waals surface area contributed by atoms with E-state index in [1.807, 2.05) is 0 Å². The highest BCUT2D eigenvalue weighted by Crippen LogP contribution is 2.33. The van der Waals surface area contributed by atoms with E-state index >= 15 is 0 Å². The second kappa shape index (κ2) is 5.97.